The van der Waals surface area contributed by atoms with Crippen molar-refractivity contribution in [3.05, 3.63) is 0 Å². The van der Waals surface area contributed by atoms with E-state index in [1.54, 1.807) is 0 Å². The van der Waals surface area contributed by atoms with Gasteiger partial charge in [0.05, 0.1) is 6.54 Å². The third kappa shape index (κ3) is 2.99. The van der Waals surface area contributed by atoms with Gasteiger partial charge in [0.2, 0.25) is 5.91 Å². The highest BCUT2D eigenvalue weighted by atomic mass is 79.9. The van der Waals surface area contributed by atoms with Gasteiger partial charge in [0.15, 0.2) is 0 Å². The summed E-state index contributed by atoms with van der Waals surface area (Å²) in [6.07, 6.45) is 3.02. The summed E-state index contributed by atoms with van der Waals surface area (Å²) in [6.45, 7) is 0.717. The molecule has 0 atom stereocenters. The average molecular weight is 249 g/mol. The molecule has 0 aromatic rings. The number of rotatable bonds is 5. The van der Waals surface area contributed by atoms with Crippen LogP contribution in [0.4, 0.5) is 4.79 Å². The van der Waals surface area contributed by atoms with Crippen LogP contribution in [0.25, 0.3) is 0 Å². The lowest BCUT2D eigenvalue weighted by molar-refractivity contribution is -0.125. The standard InChI is InChI=1S/C8H13BrN2O2/c9-4-2-1-3-5-11-7(12)6-10-8(11)13/h1-6H2,(H,10,13). The Balaban J connectivity index is 2.20. The third-order valence-corrected chi connectivity index (χ3v) is 2.51. The molecule has 1 heterocycles. The van der Waals surface area contributed by atoms with Crippen molar-refractivity contribution in [2.24, 2.45) is 0 Å². The molecule has 3 amide bonds. The van der Waals surface area contributed by atoms with Gasteiger partial charge in [0.1, 0.15) is 0 Å². The Bertz CT molecular complexity index is 192. The molecule has 13 heavy (non-hydrogen) atoms. The fourth-order valence-corrected chi connectivity index (χ4v) is 1.62. The lowest BCUT2D eigenvalue weighted by Gasteiger charge is -2.10. The third-order valence-electron chi connectivity index (χ3n) is 1.95. The van der Waals surface area contributed by atoms with E-state index >= 15 is 0 Å². The number of amides is 3. The summed E-state index contributed by atoms with van der Waals surface area (Å²) in [7, 11) is 0. The Kier molecular flexibility index (Phi) is 4.21. The fourth-order valence-electron chi connectivity index (χ4n) is 1.22. The second-order valence-electron chi connectivity index (χ2n) is 2.95. The number of nitrogens with zero attached hydrogens (tertiary/aromatic N) is 1. The molecular weight excluding hydrogens is 236 g/mol. The van der Waals surface area contributed by atoms with Crippen molar-refractivity contribution < 1.29 is 9.59 Å². The van der Waals surface area contributed by atoms with Gasteiger partial charge in [-0.05, 0) is 12.8 Å². The minimum Gasteiger partial charge on any atom is -0.329 e. The SMILES string of the molecule is O=C1CNC(=O)N1CCCCCBr. The van der Waals surface area contributed by atoms with Crippen LogP contribution in [0, 0.1) is 0 Å². The molecule has 1 aliphatic rings. The summed E-state index contributed by atoms with van der Waals surface area (Å²) in [5.41, 5.74) is 0. The number of unbranched alkanes of at least 4 members (excludes halogenated alkanes) is 2. The average Bonchev–Trinajstić information content (AvgIpc) is 2.42. The molecule has 0 aromatic carbocycles. The Morgan fingerprint density at radius 1 is 1.31 bits per heavy atom. The lowest BCUT2D eigenvalue weighted by atomic mass is 10.2. The Hall–Kier alpha value is -0.580. The summed E-state index contributed by atoms with van der Waals surface area (Å²) in [5.74, 6) is -0.108. The molecule has 0 saturated carbocycles. The topological polar surface area (TPSA) is 49.4 Å². The zero-order valence-corrected chi connectivity index (χ0v) is 8.97. The minimum atomic E-state index is -0.246. The van der Waals surface area contributed by atoms with Crippen molar-refractivity contribution in [1.82, 2.24) is 10.2 Å². The number of halogens is 1. The van der Waals surface area contributed by atoms with Crippen LogP contribution in [0.1, 0.15) is 19.3 Å². The van der Waals surface area contributed by atoms with E-state index in [4.69, 9.17) is 0 Å². The van der Waals surface area contributed by atoms with E-state index in [9.17, 15) is 9.59 Å². The molecule has 0 aromatic heterocycles. The van der Waals surface area contributed by atoms with Gasteiger partial charge in [-0.25, -0.2) is 4.79 Å². The van der Waals surface area contributed by atoms with Crippen LogP contribution in [0.15, 0.2) is 0 Å². The maximum absolute atomic E-state index is 11.1. The highest BCUT2D eigenvalue weighted by Gasteiger charge is 2.27. The van der Waals surface area contributed by atoms with Crippen LogP contribution in [0.5, 0.6) is 0 Å². The number of nitrogens with one attached hydrogen (secondary N) is 1. The maximum Gasteiger partial charge on any atom is 0.324 e. The molecule has 0 aliphatic carbocycles. The van der Waals surface area contributed by atoms with Gasteiger partial charge in [0.25, 0.3) is 0 Å². The molecule has 74 valence electrons. The molecule has 5 heteroatoms. The molecule has 1 fully saturated rings. The fraction of sp³-hybridized carbons (Fsp3) is 0.750. The molecule has 1 rings (SSSR count). The van der Waals surface area contributed by atoms with Gasteiger partial charge < -0.3 is 5.32 Å². The largest absolute Gasteiger partial charge is 0.329 e. The number of imide groups is 1. The second-order valence-corrected chi connectivity index (χ2v) is 3.75. The van der Waals surface area contributed by atoms with Crippen LogP contribution in [-0.4, -0.2) is 35.3 Å². The first-order chi connectivity index (χ1) is 6.25. The van der Waals surface area contributed by atoms with Gasteiger partial charge in [0, 0.05) is 11.9 Å². The van der Waals surface area contributed by atoms with E-state index in [0.29, 0.717) is 6.54 Å². The van der Waals surface area contributed by atoms with E-state index in [-0.39, 0.29) is 18.5 Å². The molecule has 1 N–H and O–H groups in total. The maximum atomic E-state index is 11.1. The second kappa shape index (κ2) is 5.21. The summed E-state index contributed by atoms with van der Waals surface area (Å²) in [6, 6.07) is -0.246. The van der Waals surface area contributed by atoms with Crippen molar-refractivity contribution >= 4 is 27.9 Å². The normalized spacial score (nSPS) is 16.5. The molecule has 0 spiro atoms. The van der Waals surface area contributed by atoms with E-state index in [1.807, 2.05) is 0 Å². The van der Waals surface area contributed by atoms with Crippen molar-refractivity contribution in [1.29, 1.82) is 0 Å². The molecule has 4 nitrogen and oxygen atoms in total. The molecule has 0 unspecified atom stereocenters. The van der Waals surface area contributed by atoms with Gasteiger partial charge >= 0.3 is 6.03 Å². The zero-order chi connectivity index (χ0) is 9.68. The summed E-state index contributed by atoms with van der Waals surface area (Å²) in [4.78, 5) is 23.4. The predicted octanol–water partition coefficient (Wildman–Crippen LogP) is 1.10. The monoisotopic (exact) mass is 248 g/mol. The Morgan fingerprint density at radius 3 is 2.62 bits per heavy atom. The molecule has 0 bridgehead atoms. The van der Waals surface area contributed by atoms with Crippen molar-refractivity contribution in [3.63, 3.8) is 0 Å². The number of hydrogen-bond donors (Lipinski definition) is 1. The van der Waals surface area contributed by atoms with Gasteiger partial charge in [-0.3, -0.25) is 9.69 Å². The van der Waals surface area contributed by atoms with Crippen molar-refractivity contribution in [2.75, 3.05) is 18.4 Å². The van der Waals surface area contributed by atoms with Crippen LogP contribution >= 0.6 is 15.9 Å². The first-order valence-corrected chi connectivity index (χ1v) is 5.52. The summed E-state index contributed by atoms with van der Waals surface area (Å²) < 4.78 is 0. The summed E-state index contributed by atoms with van der Waals surface area (Å²) >= 11 is 3.33. The predicted molar refractivity (Wildman–Crippen MR) is 52.8 cm³/mol. The smallest absolute Gasteiger partial charge is 0.324 e. The van der Waals surface area contributed by atoms with Gasteiger partial charge in [-0.15, -0.1) is 0 Å². The molecule has 1 saturated heterocycles. The molecule has 0 radical (unpaired) electrons. The number of hydrogen-bond acceptors (Lipinski definition) is 2. The van der Waals surface area contributed by atoms with Crippen molar-refractivity contribution in [3.8, 4) is 0 Å². The first-order valence-electron chi connectivity index (χ1n) is 4.40. The van der Waals surface area contributed by atoms with Crippen LogP contribution < -0.4 is 5.32 Å². The zero-order valence-electron chi connectivity index (χ0n) is 7.38. The van der Waals surface area contributed by atoms with Crippen LogP contribution in [0.3, 0.4) is 0 Å². The van der Waals surface area contributed by atoms with E-state index in [2.05, 4.69) is 21.2 Å². The molecule has 1 aliphatic heterocycles. The number of carbonyl (C=O) groups excluding carboxylic acids is 2. The highest BCUT2D eigenvalue weighted by molar-refractivity contribution is 9.09. The van der Waals surface area contributed by atoms with E-state index in [1.165, 1.54) is 4.90 Å². The van der Waals surface area contributed by atoms with Gasteiger partial charge in [-0.2, -0.15) is 0 Å². The minimum absolute atomic E-state index is 0.108. The van der Waals surface area contributed by atoms with Crippen LogP contribution in [-0.2, 0) is 4.79 Å². The highest BCUT2D eigenvalue weighted by Crippen LogP contribution is 2.04. The quantitative estimate of drug-likeness (QED) is 0.450. The Morgan fingerprint density at radius 2 is 2.08 bits per heavy atom. The number of urea groups is 1. The van der Waals surface area contributed by atoms with E-state index < -0.39 is 0 Å². The molecular formula is C8H13BrN2O2. The van der Waals surface area contributed by atoms with Crippen molar-refractivity contribution in [2.45, 2.75) is 19.3 Å². The lowest BCUT2D eigenvalue weighted by Crippen LogP contribution is -2.31. The number of carbonyl (C=O) groups is 2. The number of alkyl halides is 1. The van der Waals surface area contributed by atoms with Crippen LogP contribution in [0.2, 0.25) is 0 Å². The van der Waals surface area contributed by atoms with E-state index in [0.717, 1.165) is 24.6 Å². The first kappa shape index (κ1) is 10.5. The van der Waals surface area contributed by atoms with Gasteiger partial charge in [-0.1, -0.05) is 22.4 Å². The Labute approximate surface area is 85.8 Å². The summed E-state index contributed by atoms with van der Waals surface area (Å²) in [5, 5.41) is 3.47.